The zero-order chi connectivity index (χ0) is 60.1. The molecule has 5 aromatic rings. The first-order valence-electron chi connectivity index (χ1n) is 27.9. The molecule has 5 aliphatic rings. The third-order valence-electron chi connectivity index (χ3n) is 17.4. The molecular formula is C66H74Cl4O12. The van der Waals surface area contributed by atoms with Gasteiger partial charge in [0.15, 0.2) is 5.78 Å². The van der Waals surface area contributed by atoms with Gasteiger partial charge in [-0.1, -0.05) is 102 Å². The van der Waals surface area contributed by atoms with Gasteiger partial charge in [-0.25, -0.2) is 4.79 Å². The van der Waals surface area contributed by atoms with Crippen LogP contribution >= 0.6 is 46.4 Å². The van der Waals surface area contributed by atoms with Crippen molar-refractivity contribution in [3.8, 4) is 46.0 Å². The number of esters is 2. The van der Waals surface area contributed by atoms with Crippen molar-refractivity contribution in [3.63, 3.8) is 0 Å². The topological polar surface area (TPSA) is 142 Å². The quantitative estimate of drug-likeness (QED) is 0.0632. The van der Waals surface area contributed by atoms with Crippen LogP contribution in [0.2, 0.25) is 20.1 Å². The molecule has 0 bridgehead atoms. The smallest absolute Gasteiger partial charge is 0.346 e. The summed E-state index contributed by atoms with van der Waals surface area (Å²) < 4.78 is 49.8. The van der Waals surface area contributed by atoms with Gasteiger partial charge in [0.1, 0.15) is 57.3 Å². The lowest BCUT2D eigenvalue weighted by Gasteiger charge is -2.51. The Labute approximate surface area is 502 Å². The summed E-state index contributed by atoms with van der Waals surface area (Å²) in [6.45, 7) is 28.1. The zero-order valence-corrected chi connectivity index (χ0v) is 52.9. The van der Waals surface area contributed by atoms with E-state index in [4.69, 9.17) is 84.3 Å². The molecule has 4 aliphatic heterocycles. The van der Waals surface area contributed by atoms with E-state index in [-0.39, 0.29) is 71.1 Å². The standard InChI is InChI=1S/C33H32Cl4O6.C33H42O6/c1-15-9-22-18(11-20(15)40-8)31(4,5)13-33(42-22)14-32(6,7)19-12-21(16(2)10-23(19)43-33)41-30(39)25-28(36)26(34)24(17(3)38)27(35)29(25)37;1-19-13-28-24(15-26(19)36-8)31(4,5)17-33(38-28)18-32(6,7)25-16-27(20(2)14-29(25)39-33)37-30(35)23-11-9-22(10-12-23)21(3)34/h9-12H,13-14H2,1-8H3;13-16,22-23H,9-12,17-18H2,1-8H3. The number of methoxy groups -OCH3 is 2. The average Bonchev–Trinajstić information content (AvgIpc) is 2.85. The van der Waals surface area contributed by atoms with Crippen LogP contribution in [0.4, 0.5) is 0 Å². The third-order valence-corrected chi connectivity index (χ3v) is 19.1. The summed E-state index contributed by atoms with van der Waals surface area (Å²) >= 11 is 25.3. The summed E-state index contributed by atoms with van der Waals surface area (Å²) in [5.74, 6) is 2.50. The molecule has 0 radical (unpaired) electrons. The number of fused-ring (bicyclic) bond motifs is 4. The van der Waals surface area contributed by atoms with Crippen LogP contribution in [0, 0.1) is 39.5 Å². The van der Waals surface area contributed by atoms with Gasteiger partial charge in [0.2, 0.25) is 0 Å². The number of hydrogen-bond donors (Lipinski definition) is 0. The fourth-order valence-electron chi connectivity index (χ4n) is 13.3. The molecule has 438 valence electrons. The highest BCUT2D eigenvalue weighted by Gasteiger charge is 2.55. The minimum Gasteiger partial charge on any atom is -0.496 e. The Balaban J connectivity index is 0.000000198. The van der Waals surface area contributed by atoms with Crippen molar-refractivity contribution in [2.24, 2.45) is 11.8 Å². The highest BCUT2D eigenvalue weighted by Crippen LogP contribution is 2.58. The van der Waals surface area contributed by atoms with E-state index in [0.717, 1.165) is 80.5 Å². The number of carbonyl (C=O) groups excluding carboxylic acids is 4. The predicted molar refractivity (Wildman–Crippen MR) is 320 cm³/mol. The molecule has 0 saturated heterocycles. The fraction of sp³-hybridized carbons (Fsp3) is 0.485. The minimum absolute atomic E-state index is 0.0577. The van der Waals surface area contributed by atoms with Gasteiger partial charge in [0.25, 0.3) is 11.6 Å². The van der Waals surface area contributed by atoms with E-state index in [1.54, 1.807) is 34.1 Å². The van der Waals surface area contributed by atoms with Gasteiger partial charge in [-0.15, -0.1) is 0 Å². The molecule has 4 heterocycles. The Morgan fingerprint density at radius 3 is 1.05 bits per heavy atom. The monoisotopic (exact) mass is 1200 g/mol. The first kappa shape index (κ1) is 60.9. The molecule has 2 spiro atoms. The van der Waals surface area contributed by atoms with Crippen molar-refractivity contribution in [1.29, 1.82) is 0 Å². The van der Waals surface area contributed by atoms with Crippen molar-refractivity contribution in [3.05, 3.63) is 124 Å². The molecular weight excluding hydrogens is 1130 g/mol. The summed E-state index contributed by atoms with van der Waals surface area (Å²) in [6, 6.07) is 15.8. The largest absolute Gasteiger partial charge is 0.496 e. The molecule has 0 amide bonds. The molecule has 5 aromatic carbocycles. The third kappa shape index (κ3) is 11.3. The maximum Gasteiger partial charge on any atom is 0.346 e. The Bertz CT molecular complexity index is 3450. The summed E-state index contributed by atoms with van der Waals surface area (Å²) in [5.41, 5.74) is 6.12. The lowest BCUT2D eigenvalue weighted by atomic mass is 9.69. The lowest BCUT2D eigenvalue weighted by Crippen LogP contribution is -2.55. The molecule has 82 heavy (non-hydrogen) atoms. The first-order valence-corrected chi connectivity index (χ1v) is 29.4. The van der Waals surface area contributed by atoms with Gasteiger partial charge in [-0.2, -0.15) is 0 Å². The maximum atomic E-state index is 13.4. The molecule has 1 saturated carbocycles. The summed E-state index contributed by atoms with van der Waals surface area (Å²) in [6.07, 6.45) is 5.43. The second-order valence-electron chi connectivity index (χ2n) is 25.9. The van der Waals surface area contributed by atoms with Crippen LogP contribution in [0.25, 0.3) is 0 Å². The molecule has 16 heteroatoms. The van der Waals surface area contributed by atoms with Gasteiger partial charge >= 0.3 is 11.9 Å². The molecule has 10 rings (SSSR count). The lowest BCUT2D eigenvalue weighted by molar-refractivity contribution is -0.167. The highest BCUT2D eigenvalue weighted by molar-refractivity contribution is 6.52. The normalized spacial score (nSPS) is 22.8. The number of ketones is 2. The van der Waals surface area contributed by atoms with Gasteiger partial charge in [-0.3, -0.25) is 14.4 Å². The van der Waals surface area contributed by atoms with Crippen molar-refractivity contribution >= 4 is 69.9 Å². The van der Waals surface area contributed by atoms with Gasteiger partial charge in [0.05, 0.1) is 45.8 Å². The molecule has 0 aromatic heterocycles. The Hall–Kier alpha value is -5.66. The number of benzene rings is 5. The van der Waals surface area contributed by atoms with Gasteiger partial charge in [-0.05, 0) is 138 Å². The fourth-order valence-corrected chi connectivity index (χ4v) is 14.6. The average molecular weight is 1200 g/mol. The summed E-state index contributed by atoms with van der Waals surface area (Å²) in [4.78, 5) is 50.2. The van der Waals surface area contributed by atoms with Crippen LogP contribution in [-0.2, 0) is 31.2 Å². The molecule has 2 atom stereocenters. The van der Waals surface area contributed by atoms with E-state index in [1.807, 2.05) is 45.0 Å². The van der Waals surface area contributed by atoms with E-state index in [2.05, 4.69) is 73.6 Å². The van der Waals surface area contributed by atoms with Crippen molar-refractivity contribution in [2.75, 3.05) is 14.2 Å². The number of Topliss-reactive ketones (excluding diaryl/α,β-unsaturated/α-hetero) is 2. The maximum absolute atomic E-state index is 13.4. The summed E-state index contributed by atoms with van der Waals surface area (Å²) in [7, 11) is 3.37. The zero-order valence-electron chi connectivity index (χ0n) is 49.8. The molecule has 1 fully saturated rings. The van der Waals surface area contributed by atoms with Crippen LogP contribution < -0.4 is 37.9 Å². The molecule has 1 aliphatic carbocycles. The molecule has 12 nitrogen and oxygen atoms in total. The van der Waals surface area contributed by atoms with Crippen molar-refractivity contribution < 1.29 is 57.1 Å². The minimum atomic E-state index is -0.911. The van der Waals surface area contributed by atoms with Crippen molar-refractivity contribution in [2.45, 2.75) is 182 Å². The van der Waals surface area contributed by atoms with E-state index in [1.165, 1.54) is 6.92 Å². The first-order chi connectivity index (χ1) is 38.1. The second-order valence-corrected chi connectivity index (χ2v) is 27.4. The van der Waals surface area contributed by atoms with Crippen LogP contribution in [-0.4, -0.2) is 49.3 Å². The number of carbonyl (C=O) groups is 4. The van der Waals surface area contributed by atoms with Crippen LogP contribution in [0.1, 0.15) is 186 Å². The number of rotatable bonds is 8. The van der Waals surface area contributed by atoms with Crippen molar-refractivity contribution in [1.82, 2.24) is 0 Å². The Morgan fingerprint density at radius 1 is 0.439 bits per heavy atom. The summed E-state index contributed by atoms with van der Waals surface area (Å²) in [5, 5.41) is -0.748. The number of ether oxygens (including phenoxy) is 8. The van der Waals surface area contributed by atoms with Crippen LogP contribution in [0.15, 0.2) is 48.5 Å². The number of halogens is 4. The van der Waals surface area contributed by atoms with Gasteiger partial charge in [0, 0.05) is 75.5 Å². The van der Waals surface area contributed by atoms with E-state index < -0.39 is 28.7 Å². The molecule has 0 N–H and O–H groups in total. The van der Waals surface area contributed by atoms with Crippen LogP contribution in [0.5, 0.6) is 46.0 Å². The second kappa shape index (κ2) is 21.8. The Kier molecular flexibility index (Phi) is 16.2. The van der Waals surface area contributed by atoms with Gasteiger partial charge < -0.3 is 37.9 Å². The van der Waals surface area contributed by atoms with E-state index >= 15 is 0 Å². The number of aryl methyl sites for hydroxylation is 4. The van der Waals surface area contributed by atoms with E-state index in [0.29, 0.717) is 61.3 Å². The Morgan fingerprint density at radius 2 is 0.732 bits per heavy atom. The predicted octanol–water partition coefficient (Wildman–Crippen LogP) is 17.0. The number of hydrogen-bond acceptors (Lipinski definition) is 12. The SMILES string of the molecule is COc1cc2c(cc1C)OC1(CC2(C)C)CC(C)(C)c2cc(OC(=O)C3CCC(C(C)=O)CC3)c(C)cc2O1.COc1cc2c(cc1C)OC1(CC2(C)C)CC(C)(C)c2cc(OC(=O)c3c(Cl)c(Cl)c(C(C)=O)c(Cl)c3Cl)c(C)cc2O1. The molecule has 2 unspecified atom stereocenters. The van der Waals surface area contributed by atoms with Crippen LogP contribution in [0.3, 0.4) is 0 Å². The van der Waals surface area contributed by atoms with E-state index in [9.17, 15) is 19.2 Å². The highest BCUT2D eigenvalue weighted by atomic mass is 35.5.